The average molecular weight is 685 g/mol. The molecule has 1 aliphatic rings. The van der Waals surface area contributed by atoms with Crippen LogP contribution in [0.5, 0.6) is 17.2 Å². The molecule has 5 atom stereocenters. The van der Waals surface area contributed by atoms with Crippen LogP contribution in [0.2, 0.25) is 0 Å². The number of hydrogen-bond donors (Lipinski definition) is 1. The van der Waals surface area contributed by atoms with Crippen molar-refractivity contribution in [1.82, 2.24) is 0 Å². The quantitative estimate of drug-likeness (QED) is 0.0935. The molecule has 0 bridgehead atoms. The number of methoxy groups -OCH3 is 2. The van der Waals surface area contributed by atoms with Crippen molar-refractivity contribution in [3.05, 3.63) is 102 Å². The molecule has 12 heteroatoms. The fourth-order valence-electron chi connectivity index (χ4n) is 4.91. The number of carbonyl (C=O) groups is 1. The number of hydrogen-bond acceptors (Lipinski definition) is 12. The smallest absolute Gasteiger partial charge is 0.338 e. The number of carbonyl (C=O) groups excluding carboxylic acids is 1. The summed E-state index contributed by atoms with van der Waals surface area (Å²) < 4.78 is 52.0. The van der Waals surface area contributed by atoms with Crippen LogP contribution in [0, 0.1) is 0 Å². The molecule has 0 aromatic heterocycles. The molecule has 1 heterocycles. The highest BCUT2D eigenvalue weighted by molar-refractivity contribution is 7.99. The minimum atomic E-state index is -1.17. The van der Waals surface area contributed by atoms with E-state index < -0.39 is 35.8 Å². The number of aliphatic hydroxyl groups is 1. The van der Waals surface area contributed by atoms with Crippen molar-refractivity contribution in [3.8, 4) is 17.2 Å². The largest absolute Gasteiger partial charge is 0.482 e. The molecule has 48 heavy (non-hydrogen) atoms. The molecule has 1 fully saturated rings. The summed E-state index contributed by atoms with van der Waals surface area (Å²) in [6.45, 7) is 5.93. The number of aliphatic hydroxyl groups excluding tert-OH is 1. The number of thioether (sulfide) groups is 1. The summed E-state index contributed by atoms with van der Waals surface area (Å²) in [5, 5.41) is 11.6. The molecule has 4 rings (SSSR count). The van der Waals surface area contributed by atoms with Crippen LogP contribution in [0.15, 0.2) is 85.5 Å². The topological polar surface area (TPSA) is 120 Å². The Morgan fingerprint density at radius 3 is 1.96 bits per heavy atom. The van der Waals surface area contributed by atoms with Gasteiger partial charge in [0.1, 0.15) is 43.1 Å². The number of esters is 1. The van der Waals surface area contributed by atoms with Gasteiger partial charge in [-0.2, -0.15) is 0 Å². The molecule has 0 aliphatic carbocycles. The first-order chi connectivity index (χ1) is 23.5. The summed E-state index contributed by atoms with van der Waals surface area (Å²) in [6.07, 6.45) is -1.90. The molecule has 0 radical (unpaired) electrons. The molecule has 0 spiro atoms. The van der Waals surface area contributed by atoms with E-state index in [4.69, 9.17) is 42.6 Å². The van der Waals surface area contributed by atoms with E-state index in [0.29, 0.717) is 6.61 Å². The molecule has 1 N–H and O–H groups in total. The first-order valence-corrected chi connectivity index (χ1v) is 16.6. The van der Waals surface area contributed by atoms with Gasteiger partial charge < -0.3 is 47.7 Å². The Morgan fingerprint density at radius 1 is 0.875 bits per heavy atom. The summed E-state index contributed by atoms with van der Waals surface area (Å²) in [5.74, 6) is 0.653. The number of benzene rings is 3. The summed E-state index contributed by atoms with van der Waals surface area (Å²) in [4.78, 5) is 13.4. The third-order valence-electron chi connectivity index (χ3n) is 7.17. The Balaban J connectivity index is 1.54. The Labute approximate surface area is 286 Å². The molecule has 260 valence electrons. The summed E-state index contributed by atoms with van der Waals surface area (Å²) in [7, 11) is 2.94. The van der Waals surface area contributed by atoms with Gasteiger partial charge in [-0.1, -0.05) is 80.2 Å². The van der Waals surface area contributed by atoms with Gasteiger partial charge in [-0.15, -0.1) is 11.8 Å². The maximum Gasteiger partial charge on any atom is 0.338 e. The maximum absolute atomic E-state index is 13.4. The minimum Gasteiger partial charge on any atom is -0.482 e. The van der Waals surface area contributed by atoms with Crippen molar-refractivity contribution < 1.29 is 52.5 Å². The van der Waals surface area contributed by atoms with Crippen LogP contribution in [0.4, 0.5) is 0 Å². The lowest BCUT2D eigenvalue weighted by atomic mass is 9.99. The van der Waals surface area contributed by atoms with Gasteiger partial charge in [-0.3, -0.25) is 0 Å². The van der Waals surface area contributed by atoms with Crippen molar-refractivity contribution in [2.45, 2.75) is 50.0 Å². The lowest BCUT2D eigenvalue weighted by molar-refractivity contribution is -0.237. The molecule has 11 nitrogen and oxygen atoms in total. The highest BCUT2D eigenvalue weighted by Gasteiger charge is 2.47. The maximum atomic E-state index is 13.4. The lowest BCUT2D eigenvalue weighted by Gasteiger charge is -2.44. The van der Waals surface area contributed by atoms with Crippen molar-refractivity contribution >= 4 is 17.7 Å². The Morgan fingerprint density at radius 2 is 1.44 bits per heavy atom. The van der Waals surface area contributed by atoms with Crippen molar-refractivity contribution in [2.24, 2.45) is 0 Å². The van der Waals surface area contributed by atoms with Crippen LogP contribution in [0.1, 0.15) is 28.4 Å². The van der Waals surface area contributed by atoms with Crippen LogP contribution >= 0.6 is 11.8 Å². The average Bonchev–Trinajstić information content (AvgIpc) is 3.11. The van der Waals surface area contributed by atoms with E-state index in [2.05, 4.69) is 6.58 Å². The van der Waals surface area contributed by atoms with E-state index in [1.54, 1.807) is 6.08 Å². The van der Waals surface area contributed by atoms with E-state index in [1.807, 2.05) is 67.6 Å². The number of ether oxygens (including phenoxy) is 9. The van der Waals surface area contributed by atoms with Gasteiger partial charge in [0.25, 0.3) is 0 Å². The molecular weight excluding hydrogens is 640 g/mol. The summed E-state index contributed by atoms with van der Waals surface area (Å²) in [5.41, 5.74) is 1.53. The van der Waals surface area contributed by atoms with Crippen LogP contribution in [0.25, 0.3) is 0 Å². The van der Waals surface area contributed by atoms with E-state index in [0.717, 1.165) is 16.9 Å². The zero-order chi connectivity index (χ0) is 34.1. The van der Waals surface area contributed by atoms with Gasteiger partial charge in [-0.25, -0.2) is 4.79 Å². The minimum absolute atomic E-state index is 0.108. The third-order valence-corrected chi connectivity index (χ3v) is 8.21. The van der Waals surface area contributed by atoms with Gasteiger partial charge in [-0.05, 0) is 29.0 Å². The number of rotatable bonds is 20. The van der Waals surface area contributed by atoms with Crippen LogP contribution < -0.4 is 14.2 Å². The summed E-state index contributed by atoms with van der Waals surface area (Å²) in [6, 6.07) is 22.4. The van der Waals surface area contributed by atoms with E-state index in [9.17, 15) is 9.90 Å². The first kappa shape index (κ1) is 37.2. The second-order valence-corrected chi connectivity index (χ2v) is 12.0. The van der Waals surface area contributed by atoms with Gasteiger partial charge in [0, 0.05) is 14.2 Å². The van der Waals surface area contributed by atoms with Crippen molar-refractivity contribution in [2.75, 3.05) is 46.8 Å². The summed E-state index contributed by atoms with van der Waals surface area (Å²) >= 11 is 1.53. The molecule has 0 amide bonds. The van der Waals surface area contributed by atoms with E-state index in [-0.39, 0.29) is 56.2 Å². The molecule has 1 saturated heterocycles. The lowest BCUT2D eigenvalue weighted by Crippen LogP contribution is -2.59. The highest BCUT2D eigenvalue weighted by Crippen LogP contribution is 2.40. The van der Waals surface area contributed by atoms with E-state index >= 15 is 0 Å². The molecule has 3 aromatic rings. The van der Waals surface area contributed by atoms with Crippen LogP contribution in [-0.4, -0.2) is 87.7 Å². The van der Waals surface area contributed by atoms with Crippen LogP contribution in [-0.2, 0) is 41.6 Å². The Hall–Kier alpha value is -3.62. The van der Waals surface area contributed by atoms with Gasteiger partial charge in [0.2, 0.25) is 5.75 Å². The molecule has 3 aromatic carbocycles. The Bertz CT molecular complexity index is 1360. The first-order valence-electron chi connectivity index (χ1n) is 15.6. The molecule has 1 aliphatic heterocycles. The van der Waals surface area contributed by atoms with Gasteiger partial charge >= 0.3 is 5.97 Å². The zero-order valence-electron chi connectivity index (χ0n) is 27.5. The Kier molecular flexibility index (Phi) is 15.5. The molecule has 0 saturated carbocycles. The fourth-order valence-corrected chi connectivity index (χ4v) is 5.88. The zero-order valence-corrected chi connectivity index (χ0v) is 28.3. The third kappa shape index (κ3) is 10.7. The molecule has 0 unspecified atom stereocenters. The van der Waals surface area contributed by atoms with Crippen molar-refractivity contribution in [3.63, 3.8) is 0 Å². The predicted octanol–water partition coefficient (Wildman–Crippen LogP) is 5.38. The normalized spacial score (nSPS) is 20.5. The SMILES string of the molecule is C=CCOc1c(OCOC)cc(C(=O)OC[C@H]2O[C@@H](SCC)[C@H](OCc3ccccc3)[C@@H](OCc3ccccc3)[C@@H]2O)cc1OCOC. The monoisotopic (exact) mass is 684 g/mol. The fraction of sp³-hybridized carbons (Fsp3) is 0.417. The predicted molar refractivity (Wildman–Crippen MR) is 180 cm³/mol. The van der Waals surface area contributed by atoms with Crippen LogP contribution in [0.3, 0.4) is 0 Å². The van der Waals surface area contributed by atoms with Gasteiger partial charge in [0.05, 0.1) is 18.8 Å². The standard InChI is InChI=1S/C36H44O11S/c1-5-17-41-32-28(45-23-39-3)18-27(19-29(32)46-24-40-4)35(38)44-22-30-31(37)33(42-20-25-13-9-7-10-14-25)34(36(47-30)48-6-2)43-21-26-15-11-8-12-16-26/h5,7-16,18-19,30-31,33-34,36-37H,1,6,17,20-24H2,2-4H3/t30-,31-,33+,34-,36+/m1/s1. The van der Waals surface area contributed by atoms with Gasteiger partial charge in [0.15, 0.2) is 25.1 Å². The highest BCUT2D eigenvalue weighted by atomic mass is 32.2. The molecular formula is C36H44O11S. The second kappa shape index (κ2) is 20.0. The van der Waals surface area contributed by atoms with Crippen molar-refractivity contribution in [1.29, 1.82) is 0 Å². The van der Waals surface area contributed by atoms with E-state index in [1.165, 1.54) is 38.1 Å². The second-order valence-electron chi connectivity index (χ2n) is 10.6.